The molecule has 0 spiro atoms. The highest BCUT2D eigenvalue weighted by Crippen LogP contribution is 2.32. The Hall–Kier alpha value is -0.770. The van der Waals surface area contributed by atoms with Crippen LogP contribution in [0.3, 0.4) is 0 Å². The molecular weight excluding hydrogens is 262 g/mol. The largest absolute Gasteiger partial charge is 0.493 e. The zero-order valence-corrected chi connectivity index (χ0v) is 12.7. The Balaban J connectivity index is 2.86. The molecule has 3 nitrogen and oxygen atoms in total. The average Bonchev–Trinajstić information content (AvgIpc) is 2.36. The molecule has 0 aromatic heterocycles. The Morgan fingerprint density at radius 2 is 2.05 bits per heavy atom. The van der Waals surface area contributed by atoms with Gasteiger partial charge >= 0.3 is 0 Å². The minimum atomic E-state index is -0.520. The molecule has 0 aliphatic heterocycles. The molecule has 0 amide bonds. The van der Waals surface area contributed by atoms with Crippen LogP contribution in [0, 0.1) is 0 Å². The lowest BCUT2D eigenvalue weighted by molar-refractivity contribution is 0.134. The van der Waals surface area contributed by atoms with Crippen molar-refractivity contribution in [1.29, 1.82) is 0 Å². The molecular formula is C15H24ClNO2. The summed E-state index contributed by atoms with van der Waals surface area (Å²) < 4.78 is 5.73. The van der Waals surface area contributed by atoms with Crippen LogP contribution in [0.4, 0.5) is 0 Å². The van der Waals surface area contributed by atoms with Gasteiger partial charge in [0.2, 0.25) is 0 Å². The van der Waals surface area contributed by atoms with Crippen molar-refractivity contribution in [3.8, 4) is 5.75 Å². The van der Waals surface area contributed by atoms with Gasteiger partial charge in [0.05, 0.1) is 12.7 Å². The molecule has 19 heavy (non-hydrogen) atoms. The van der Waals surface area contributed by atoms with Crippen LogP contribution in [-0.2, 0) is 0 Å². The SMILES string of the molecule is CCCOc1ccc(Cl)cc1C(C)CC(O)C(C)N. The second-order valence-corrected chi connectivity index (χ2v) is 5.53. The first-order chi connectivity index (χ1) is 8.95. The first kappa shape index (κ1) is 16.3. The molecule has 0 radical (unpaired) electrons. The van der Waals surface area contributed by atoms with Crippen LogP contribution in [0.5, 0.6) is 5.75 Å². The number of rotatable bonds is 7. The zero-order chi connectivity index (χ0) is 14.4. The normalized spacial score (nSPS) is 15.9. The molecule has 0 heterocycles. The number of hydrogen-bond donors (Lipinski definition) is 2. The molecule has 4 heteroatoms. The van der Waals surface area contributed by atoms with Gasteiger partial charge in [0, 0.05) is 11.1 Å². The monoisotopic (exact) mass is 285 g/mol. The fraction of sp³-hybridized carbons (Fsp3) is 0.600. The van der Waals surface area contributed by atoms with Gasteiger partial charge in [0.25, 0.3) is 0 Å². The summed E-state index contributed by atoms with van der Waals surface area (Å²) in [5.74, 6) is 0.988. The van der Waals surface area contributed by atoms with Crippen LogP contribution < -0.4 is 10.5 Å². The molecule has 3 N–H and O–H groups in total. The summed E-state index contributed by atoms with van der Waals surface area (Å²) in [6.07, 6.45) is 1.03. The van der Waals surface area contributed by atoms with E-state index in [1.54, 1.807) is 0 Å². The van der Waals surface area contributed by atoms with Crippen LogP contribution in [0.1, 0.15) is 45.1 Å². The Labute approximate surface area is 120 Å². The van der Waals surface area contributed by atoms with Crippen molar-refractivity contribution >= 4 is 11.6 Å². The third kappa shape index (κ3) is 5.01. The van der Waals surface area contributed by atoms with E-state index in [-0.39, 0.29) is 12.0 Å². The predicted molar refractivity (Wildman–Crippen MR) is 79.9 cm³/mol. The highest BCUT2D eigenvalue weighted by molar-refractivity contribution is 6.30. The topological polar surface area (TPSA) is 55.5 Å². The molecule has 3 unspecified atom stereocenters. The molecule has 0 bridgehead atoms. The summed E-state index contributed by atoms with van der Waals surface area (Å²) in [5.41, 5.74) is 6.73. The van der Waals surface area contributed by atoms with Crippen LogP contribution in [0.15, 0.2) is 18.2 Å². The van der Waals surface area contributed by atoms with Gasteiger partial charge in [-0.3, -0.25) is 0 Å². The molecule has 0 aliphatic carbocycles. The smallest absolute Gasteiger partial charge is 0.122 e. The molecule has 0 fully saturated rings. The second kappa shape index (κ2) is 7.73. The van der Waals surface area contributed by atoms with Gasteiger partial charge in [0.1, 0.15) is 5.75 Å². The second-order valence-electron chi connectivity index (χ2n) is 5.09. The van der Waals surface area contributed by atoms with Gasteiger partial charge in [-0.2, -0.15) is 0 Å². The fourth-order valence-corrected chi connectivity index (χ4v) is 2.13. The lowest BCUT2D eigenvalue weighted by atomic mass is 9.92. The zero-order valence-electron chi connectivity index (χ0n) is 11.9. The van der Waals surface area contributed by atoms with E-state index in [0.29, 0.717) is 18.1 Å². The Kier molecular flexibility index (Phi) is 6.63. The number of aliphatic hydroxyl groups is 1. The third-order valence-corrected chi connectivity index (χ3v) is 3.40. The quantitative estimate of drug-likeness (QED) is 0.808. The molecule has 1 aromatic carbocycles. The van der Waals surface area contributed by atoms with Crippen molar-refractivity contribution in [2.75, 3.05) is 6.61 Å². The number of halogens is 1. The molecule has 108 valence electrons. The van der Waals surface area contributed by atoms with E-state index in [1.165, 1.54) is 0 Å². The van der Waals surface area contributed by atoms with Crippen molar-refractivity contribution < 1.29 is 9.84 Å². The summed E-state index contributed by atoms with van der Waals surface area (Å²) >= 11 is 6.05. The molecule has 3 atom stereocenters. The molecule has 0 saturated heterocycles. The fourth-order valence-electron chi connectivity index (χ4n) is 1.95. The number of aliphatic hydroxyl groups excluding tert-OH is 1. The predicted octanol–water partition coefficient (Wildman–Crippen LogP) is 3.33. The lowest BCUT2D eigenvalue weighted by Gasteiger charge is -2.22. The Morgan fingerprint density at radius 1 is 1.37 bits per heavy atom. The highest BCUT2D eigenvalue weighted by atomic mass is 35.5. The summed E-state index contributed by atoms with van der Waals surface area (Å²) in [7, 11) is 0. The molecule has 1 rings (SSSR count). The van der Waals surface area contributed by atoms with E-state index >= 15 is 0 Å². The van der Waals surface area contributed by atoms with Gasteiger partial charge in [-0.1, -0.05) is 25.4 Å². The first-order valence-corrected chi connectivity index (χ1v) is 7.19. The van der Waals surface area contributed by atoms with E-state index in [9.17, 15) is 5.11 Å². The first-order valence-electron chi connectivity index (χ1n) is 6.81. The van der Waals surface area contributed by atoms with Crippen LogP contribution in [-0.4, -0.2) is 23.9 Å². The van der Waals surface area contributed by atoms with Crippen molar-refractivity contribution in [1.82, 2.24) is 0 Å². The third-order valence-electron chi connectivity index (χ3n) is 3.17. The van der Waals surface area contributed by atoms with E-state index in [4.69, 9.17) is 22.1 Å². The molecule has 0 aliphatic rings. The van der Waals surface area contributed by atoms with Crippen LogP contribution in [0.2, 0.25) is 5.02 Å². The molecule has 1 aromatic rings. The lowest BCUT2D eigenvalue weighted by Crippen LogP contribution is -2.32. The summed E-state index contributed by atoms with van der Waals surface area (Å²) in [4.78, 5) is 0. The van der Waals surface area contributed by atoms with Crippen molar-refractivity contribution in [3.63, 3.8) is 0 Å². The summed E-state index contributed by atoms with van der Waals surface area (Å²) in [6.45, 7) is 6.61. The average molecular weight is 286 g/mol. The maximum absolute atomic E-state index is 9.90. The summed E-state index contributed by atoms with van der Waals surface area (Å²) in [5, 5.41) is 10.6. The highest BCUT2D eigenvalue weighted by Gasteiger charge is 2.18. The van der Waals surface area contributed by atoms with E-state index in [2.05, 4.69) is 13.8 Å². The number of hydrogen-bond acceptors (Lipinski definition) is 3. The minimum absolute atomic E-state index is 0.145. The maximum Gasteiger partial charge on any atom is 0.122 e. The number of benzene rings is 1. The minimum Gasteiger partial charge on any atom is -0.493 e. The van der Waals surface area contributed by atoms with E-state index in [1.807, 2.05) is 25.1 Å². The van der Waals surface area contributed by atoms with Crippen LogP contribution in [0.25, 0.3) is 0 Å². The Morgan fingerprint density at radius 3 is 2.63 bits per heavy atom. The number of nitrogens with two attached hydrogens (primary N) is 1. The van der Waals surface area contributed by atoms with Gasteiger partial charge < -0.3 is 15.6 Å². The number of ether oxygens (including phenoxy) is 1. The van der Waals surface area contributed by atoms with Crippen molar-refractivity contribution in [2.45, 2.75) is 51.7 Å². The maximum atomic E-state index is 9.90. The van der Waals surface area contributed by atoms with E-state index < -0.39 is 6.10 Å². The van der Waals surface area contributed by atoms with Crippen LogP contribution >= 0.6 is 11.6 Å². The summed E-state index contributed by atoms with van der Waals surface area (Å²) in [6, 6.07) is 5.39. The van der Waals surface area contributed by atoms with E-state index in [0.717, 1.165) is 17.7 Å². The van der Waals surface area contributed by atoms with Gasteiger partial charge in [-0.25, -0.2) is 0 Å². The van der Waals surface area contributed by atoms with Crippen molar-refractivity contribution in [3.05, 3.63) is 28.8 Å². The van der Waals surface area contributed by atoms with Gasteiger partial charge in [-0.15, -0.1) is 0 Å². The Bertz CT molecular complexity index is 396. The van der Waals surface area contributed by atoms with Crippen molar-refractivity contribution in [2.24, 2.45) is 5.73 Å². The standard InChI is InChI=1S/C15H24ClNO2/c1-4-7-19-15-6-5-12(16)9-13(15)10(2)8-14(18)11(3)17/h5-6,9-11,14,18H,4,7-8,17H2,1-3H3. The molecule has 0 saturated carbocycles. The van der Waals surface area contributed by atoms with Gasteiger partial charge in [-0.05, 0) is 49.4 Å². The van der Waals surface area contributed by atoms with Gasteiger partial charge in [0.15, 0.2) is 0 Å².